The molecule has 1 atom stereocenters. The van der Waals surface area contributed by atoms with Crippen LogP contribution in [-0.2, 0) is 5.41 Å². The van der Waals surface area contributed by atoms with Crippen molar-refractivity contribution in [2.75, 3.05) is 0 Å². The van der Waals surface area contributed by atoms with Gasteiger partial charge in [0.2, 0.25) is 0 Å². The van der Waals surface area contributed by atoms with Gasteiger partial charge in [-0.3, -0.25) is 0 Å². The second kappa shape index (κ2) is 6.31. The quantitative estimate of drug-likeness (QED) is 0.284. The van der Waals surface area contributed by atoms with Gasteiger partial charge in [0.25, 0.3) is 0 Å². The maximum Gasteiger partial charge on any atom is 0.0716 e. The lowest BCUT2D eigenvalue weighted by Gasteiger charge is -2.35. The van der Waals surface area contributed by atoms with Crippen LogP contribution in [0.5, 0.6) is 0 Å². The number of aryl methyl sites for hydroxylation is 1. The molecule has 30 heavy (non-hydrogen) atoms. The SMILES string of the molecule is CC1=CC1c1cccc2c1C(c1ccccc1)(c1ccccc1)c1cccc(C)c1-2. The summed E-state index contributed by atoms with van der Waals surface area (Å²) in [6.07, 6.45) is 2.40. The summed E-state index contributed by atoms with van der Waals surface area (Å²) in [5.41, 5.74) is 12.3. The molecule has 0 spiro atoms. The molecule has 0 N–H and O–H groups in total. The summed E-state index contributed by atoms with van der Waals surface area (Å²) in [4.78, 5) is 0. The van der Waals surface area contributed by atoms with Crippen molar-refractivity contribution in [2.24, 2.45) is 0 Å². The lowest BCUT2D eigenvalue weighted by Crippen LogP contribution is -2.29. The van der Waals surface area contributed by atoms with E-state index in [0.29, 0.717) is 5.92 Å². The highest BCUT2D eigenvalue weighted by atomic mass is 14.5. The molecule has 0 bridgehead atoms. The highest BCUT2D eigenvalue weighted by Gasteiger charge is 2.49. The van der Waals surface area contributed by atoms with Gasteiger partial charge in [-0.1, -0.05) is 109 Å². The Morgan fingerprint density at radius 1 is 0.633 bits per heavy atom. The zero-order valence-electron chi connectivity index (χ0n) is 17.4. The van der Waals surface area contributed by atoms with E-state index in [0.717, 1.165) is 0 Å². The molecule has 2 aliphatic rings. The zero-order chi connectivity index (χ0) is 20.3. The van der Waals surface area contributed by atoms with Gasteiger partial charge in [-0.05, 0) is 58.4 Å². The molecule has 0 nitrogen and oxygen atoms in total. The van der Waals surface area contributed by atoms with E-state index in [-0.39, 0.29) is 5.41 Å². The second-order valence-corrected chi connectivity index (χ2v) is 8.64. The second-order valence-electron chi connectivity index (χ2n) is 8.64. The molecule has 2 aliphatic carbocycles. The fourth-order valence-electron chi connectivity index (χ4n) is 5.62. The van der Waals surface area contributed by atoms with Crippen LogP contribution >= 0.6 is 0 Å². The van der Waals surface area contributed by atoms with E-state index in [4.69, 9.17) is 0 Å². The van der Waals surface area contributed by atoms with Crippen LogP contribution in [0.15, 0.2) is 109 Å². The summed E-state index contributed by atoms with van der Waals surface area (Å²) >= 11 is 0. The molecular weight excluding hydrogens is 360 g/mol. The first kappa shape index (κ1) is 17.5. The summed E-state index contributed by atoms with van der Waals surface area (Å²) < 4.78 is 0. The first-order chi connectivity index (χ1) is 14.7. The van der Waals surface area contributed by atoms with Gasteiger partial charge in [0.1, 0.15) is 0 Å². The van der Waals surface area contributed by atoms with E-state index in [1.807, 2.05) is 0 Å². The van der Waals surface area contributed by atoms with Crippen LogP contribution in [0.3, 0.4) is 0 Å². The number of rotatable bonds is 3. The first-order valence-electron chi connectivity index (χ1n) is 10.8. The van der Waals surface area contributed by atoms with Crippen molar-refractivity contribution >= 4 is 0 Å². The van der Waals surface area contributed by atoms with Crippen LogP contribution in [0, 0.1) is 6.92 Å². The maximum atomic E-state index is 2.40. The van der Waals surface area contributed by atoms with Crippen LogP contribution in [0.4, 0.5) is 0 Å². The molecule has 0 aliphatic heterocycles. The van der Waals surface area contributed by atoms with Gasteiger partial charge in [0.15, 0.2) is 0 Å². The molecule has 0 heterocycles. The number of hydrogen-bond acceptors (Lipinski definition) is 0. The van der Waals surface area contributed by atoms with Gasteiger partial charge in [-0.15, -0.1) is 0 Å². The summed E-state index contributed by atoms with van der Waals surface area (Å²) in [6.45, 7) is 4.51. The van der Waals surface area contributed by atoms with E-state index in [2.05, 4.69) is 117 Å². The lowest BCUT2D eigenvalue weighted by atomic mass is 9.66. The normalized spacial score (nSPS) is 17.8. The molecule has 1 unspecified atom stereocenters. The average molecular weight is 385 g/mol. The molecule has 0 radical (unpaired) electrons. The van der Waals surface area contributed by atoms with Crippen LogP contribution < -0.4 is 0 Å². The van der Waals surface area contributed by atoms with Crippen molar-refractivity contribution in [1.29, 1.82) is 0 Å². The Labute approximate surface area is 178 Å². The van der Waals surface area contributed by atoms with E-state index >= 15 is 0 Å². The summed E-state index contributed by atoms with van der Waals surface area (Å²) in [5.74, 6) is 0.460. The average Bonchev–Trinajstić information content (AvgIpc) is 3.43. The Kier molecular flexibility index (Phi) is 3.67. The molecule has 0 aromatic heterocycles. The Morgan fingerprint density at radius 2 is 1.23 bits per heavy atom. The number of allylic oxidation sites excluding steroid dienone is 2. The number of benzene rings is 4. The minimum absolute atomic E-state index is 0.299. The zero-order valence-corrected chi connectivity index (χ0v) is 17.4. The lowest BCUT2D eigenvalue weighted by molar-refractivity contribution is 0.756. The van der Waals surface area contributed by atoms with Gasteiger partial charge in [0.05, 0.1) is 5.41 Å². The first-order valence-corrected chi connectivity index (χ1v) is 10.8. The molecule has 0 fully saturated rings. The fraction of sp³-hybridized carbons (Fsp3) is 0.133. The van der Waals surface area contributed by atoms with E-state index in [1.165, 1.54) is 50.1 Å². The molecule has 6 rings (SSSR count). The predicted molar refractivity (Wildman–Crippen MR) is 125 cm³/mol. The van der Waals surface area contributed by atoms with Gasteiger partial charge in [-0.2, -0.15) is 0 Å². The maximum absolute atomic E-state index is 2.40. The summed E-state index contributed by atoms with van der Waals surface area (Å²) in [5, 5.41) is 0. The van der Waals surface area contributed by atoms with Gasteiger partial charge < -0.3 is 0 Å². The third kappa shape index (κ3) is 2.22. The standard InChI is InChI=1S/C30H24/c1-20-11-9-18-27-28(20)25-17-10-16-24(26-19-21(26)2)29(25)30(27,22-12-5-3-6-13-22)23-14-7-4-8-15-23/h3-19,26H,1-2H3. The Morgan fingerprint density at radius 3 is 1.83 bits per heavy atom. The van der Waals surface area contributed by atoms with Crippen LogP contribution in [0.1, 0.15) is 46.2 Å². The van der Waals surface area contributed by atoms with Gasteiger partial charge >= 0.3 is 0 Å². The molecule has 144 valence electrons. The minimum Gasteiger partial charge on any atom is -0.0731 e. The Hall–Kier alpha value is -3.38. The summed E-state index contributed by atoms with van der Waals surface area (Å²) in [6, 6.07) is 35.9. The van der Waals surface area contributed by atoms with Crippen molar-refractivity contribution in [1.82, 2.24) is 0 Å². The van der Waals surface area contributed by atoms with Crippen molar-refractivity contribution in [3.05, 3.63) is 142 Å². The molecule has 0 saturated carbocycles. The van der Waals surface area contributed by atoms with Crippen LogP contribution in [0.2, 0.25) is 0 Å². The number of hydrogen-bond donors (Lipinski definition) is 0. The van der Waals surface area contributed by atoms with Crippen molar-refractivity contribution in [3.8, 4) is 11.1 Å². The van der Waals surface area contributed by atoms with Crippen molar-refractivity contribution < 1.29 is 0 Å². The van der Waals surface area contributed by atoms with Crippen molar-refractivity contribution in [2.45, 2.75) is 25.2 Å². The highest BCUT2D eigenvalue weighted by molar-refractivity contribution is 5.89. The molecule has 4 aromatic carbocycles. The smallest absolute Gasteiger partial charge is 0.0716 e. The fourth-order valence-corrected chi connectivity index (χ4v) is 5.62. The Balaban J connectivity index is 1.82. The topological polar surface area (TPSA) is 0 Å². The van der Waals surface area contributed by atoms with E-state index in [9.17, 15) is 0 Å². The molecule has 4 aromatic rings. The predicted octanol–water partition coefficient (Wildman–Crippen LogP) is 7.40. The molecule has 0 amide bonds. The van der Waals surface area contributed by atoms with Gasteiger partial charge in [0, 0.05) is 5.92 Å². The van der Waals surface area contributed by atoms with E-state index in [1.54, 1.807) is 0 Å². The number of fused-ring (bicyclic) bond motifs is 3. The van der Waals surface area contributed by atoms with Crippen LogP contribution in [-0.4, -0.2) is 0 Å². The molecular formula is C30H24. The largest absolute Gasteiger partial charge is 0.0731 e. The molecule has 0 heteroatoms. The monoisotopic (exact) mass is 384 g/mol. The van der Waals surface area contributed by atoms with Crippen LogP contribution in [0.25, 0.3) is 11.1 Å². The minimum atomic E-state index is -0.299. The third-order valence-corrected chi connectivity index (χ3v) is 6.98. The Bertz CT molecular complexity index is 1250. The van der Waals surface area contributed by atoms with Gasteiger partial charge in [-0.25, -0.2) is 0 Å². The highest BCUT2D eigenvalue weighted by Crippen LogP contribution is 2.60. The summed E-state index contributed by atoms with van der Waals surface area (Å²) in [7, 11) is 0. The van der Waals surface area contributed by atoms with E-state index < -0.39 is 0 Å². The molecule has 0 saturated heterocycles. The third-order valence-electron chi connectivity index (χ3n) is 6.98. The van der Waals surface area contributed by atoms with Crippen molar-refractivity contribution in [3.63, 3.8) is 0 Å².